The second-order valence-electron chi connectivity index (χ2n) is 5.46. The summed E-state index contributed by atoms with van der Waals surface area (Å²) in [6.45, 7) is 8.10. The molecule has 1 aromatic carbocycles. The fourth-order valence-electron chi connectivity index (χ4n) is 2.70. The smallest absolute Gasteiger partial charge is 0.126 e. The van der Waals surface area contributed by atoms with E-state index in [0.29, 0.717) is 5.56 Å². The first kappa shape index (κ1) is 13.3. The van der Waals surface area contributed by atoms with Gasteiger partial charge in [-0.3, -0.25) is 0 Å². The fourth-order valence-corrected chi connectivity index (χ4v) is 2.70. The molecule has 0 aliphatic carbocycles. The number of hydrogen-bond donors (Lipinski definition) is 1. The van der Waals surface area contributed by atoms with Crippen LogP contribution in [-0.2, 0) is 0 Å². The Hall–Kier alpha value is -1.09. The molecule has 1 aliphatic heterocycles. The van der Waals surface area contributed by atoms with Crippen LogP contribution in [0.4, 0.5) is 10.1 Å². The van der Waals surface area contributed by atoms with Gasteiger partial charge in [-0.05, 0) is 49.4 Å². The molecule has 0 spiro atoms. The van der Waals surface area contributed by atoms with Crippen molar-refractivity contribution >= 4 is 5.69 Å². The Bertz CT molecular complexity index is 429. The zero-order valence-electron chi connectivity index (χ0n) is 11.5. The summed E-state index contributed by atoms with van der Waals surface area (Å²) in [5.74, 6) is 0.605. The van der Waals surface area contributed by atoms with Gasteiger partial charge in [0.15, 0.2) is 0 Å². The molecule has 0 amide bonds. The minimum Gasteiger partial charge on any atom is -0.371 e. The predicted octanol–water partition coefficient (Wildman–Crippen LogP) is 3.39. The summed E-state index contributed by atoms with van der Waals surface area (Å²) in [6.07, 6.45) is 2.44. The van der Waals surface area contributed by atoms with Crippen LogP contribution in [0.5, 0.6) is 0 Å². The number of aryl methyl sites for hydroxylation is 1. The van der Waals surface area contributed by atoms with Gasteiger partial charge in [0.2, 0.25) is 0 Å². The summed E-state index contributed by atoms with van der Waals surface area (Å²) in [7, 11) is 0. The van der Waals surface area contributed by atoms with Gasteiger partial charge in [0, 0.05) is 24.8 Å². The highest BCUT2D eigenvalue weighted by molar-refractivity contribution is 5.57. The Morgan fingerprint density at radius 1 is 1.50 bits per heavy atom. The van der Waals surface area contributed by atoms with Gasteiger partial charge in [-0.2, -0.15) is 0 Å². The quantitative estimate of drug-likeness (QED) is 0.891. The van der Waals surface area contributed by atoms with Crippen LogP contribution >= 0.6 is 0 Å². The molecule has 18 heavy (non-hydrogen) atoms. The highest BCUT2D eigenvalue weighted by atomic mass is 19.1. The predicted molar refractivity (Wildman–Crippen MR) is 74.4 cm³/mol. The molecule has 100 valence electrons. The average Bonchev–Trinajstić information content (AvgIpc) is 2.80. The summed E-state index contributed by atoms with van der Waals surface area (Å²) in [6, 6.07) is 3.43. The molecule has 2 nitrogen and oxygen atoms in total. The third-order valence-electron chi connectivity index (χ3n) is 4.00. The molecular formula is C15H23FN2. The molecule has 3 heteroatoms. The van der Waals surface area contributed by atoms with Crippen molar-refractivity contribution in [2.75, 3.05) is 18.0 Å². The highest BCUT2D eigenvalue weighted by Crippen LogP contribution is 2.32. The van der Waals surface area contributed by atoms with E-state index < -0.39 is 0 Å². The van der Waals surface area contributed by atoms with Crippen LogP contribution in [0.25, 0.3) is 0 Å². The van der Waals surface area contributed by atoms with Crippen molar-refractivity contribution in [3.63, 3.8) is 0 Å². The molecule has 0 radical (unpaired) electrons. The molecule has 2 rings (SSSR count). The molecule has 0 aromatic heterocycles. The van der Waals surface area contributed by atoms with Gasteiger partial charge in [-0.25, -0.2) is 4.39 Å². The molecule has 1 aromatic rings. The van der Waals surface area contributed by atoms with Gasteiger partial charge < -0.3 is 10.6 Å². The number of nitrogens with two attached hydrogens (primary N) is 1. The van der Waals surface area contributed by atoms with E-state index in [-0.39, 0.29) is 11.9 Å². The lowest BCUT2D eigenvalue weighted by atomic mass is 10.0. The Balaban J connectivity index is 2.34. The maximum absolute atomic E-state index is 13.7. The Kier molecular flexibility index (Phi) is 3.91. The SMILES string of the molecule is CCC1CCN(c2cc(C)c(F)cc2C(C)N)C1. The van der Waals surface area contributed by atoms with Crippen molar-refractivity contribution < 1.29 is 4.39 Å². The van der Waals surface area contributed by atoms with Crippen LogP contribution in [0.3, 0.4) is 0 Å². The van der Waals surface area contributed by atoms with E-state index in [9.17, 15) is 4.39 Å². The third kappa shape index (κ3) is 2.51. The number of benzene rings is 1. The van der Waals surface area contributed by atoms with E-state index in [0.717, 1.165) is 30.3 Å². The van der Waals surface area contributed by atoms with Crippen LogP contribution in [0.15, 0.2) is 12.1 Å². The van der Waals surface area contributed by atoms with E-state index >= 15 is 0 Å². The van der Waals surface area contributed by atoms with Crippen molar-refractivity contribution in [2.24, 2.45) is 11.7 Å². The zero-order chi connectivity index (χ0) is 13.3. The number of halogens is 1. The first-order chi connectivity index (χ1) is 8.52. The van der Waals surface area contributed by atoms with E-state index in [4.69, 9.17) is 5.73 Å². The molecule has 1 heterocycles. The van der Waals surface area contributed by atoms with E-state index in [2.05, 4.69) is 11.8 Å². The molecule has 1 saturated heterocycles. The Labute approximate surface area is 109 Å². The molecular weight excluding hydrogens is 227 g/mol. The lowest BCUT2D eigenvalue weighted by molar-refractivity contribution is 0.568. The Morgan fingerprint density at radius 3 is 2.78 bits per heavy atom. The average molecular weight is 250 g/mol. The van der Waals surface area contributed by atoms with E-state index in [1.54, 1.807) is 6.07 Å². The summed E-state index contributed by atoms with van der Waals surface area (Å²) in [4.78, 5) is 2.36. The van der Waals surface area contributed by atoms with Crippen molar-refractivity contribution in [2.45, 2.75) is 39.7 Å². The van der Waals surface area contributed by atoms with Crippen LogP contribution in [0.1, 0.15) is 43.9 Å². The molecule has 2 unspecified atom stereocenters. The number of anilines is 1. The van der Waals surface area contributed by atoms with Crippen LogP contribution in [0.2, 0.25) is 0 Å². The number of nitrogens with zero attached hydrogens (tertiary/aromatic N) is 1. The number of rotatable bonds is 3. The molecule has 0 bridgehead atoms. The maximum atomic E-state index is 13.7. The van der Waals surface area contributed by atoms with Crippen molar-refractivity contribution in [3.8, 4) is 0 Å². The second kappa shape index (κ2) is 5.27. The standard InChI is InChI=1S/C15H23FN2/c1-4-12-5-6-18(9-12)15-7-10(2)14(16)8-13(15)11(3)17/h7-8,11-12H,4-6,9,17H2,1-3H3. The first-order valence-electron chi connectivity index (χ1n) is 6.83. The van der Waals surface area contributed by atoms with Crippen LogP contribution in [0, 0.1) is 18.7 Å². The molecule has 2 atom stereocenters. The maximum Gasteiger partial charge on any atom is 0.126 e. The van der Waals surface area contributed by atoms with Gasteiger partial charge >= 0.3 is 0 Å². The van der Waals surface area contributed by atoms with E-state index in [1.165, 1.54) is 12.8 Å². The lowest BCUT2D eigenvalue weighted by Crippen LogP contribution is -2.23. The van der Waals surface area contributed by atoms with Crippen LogP contribution < -0.4 is 10.6 Å². The lowest BCUT2D eigenvalue weighted by Gasteiger charge is -2.24. The molecule has 1 aliphatic rings. The summed E-state index contributed by atoms with van der Waals surface area (Å²) < 4.78 is 13.7. The molecule has 0 saturated carbocycles. The number of hydrogen-bond acceptors (Lipinski definition) is 2. The first-order valence-corrected chi connectivity index (χ1v) is 6.83. The minimum atomic E-state index is -0.155. The fraction of sp³-hybridized carbons (Fsp3) is 0.600. The van der Waals surface area contributed by atoms with Crippen molar-refractivity contribution in [1.29, 1.82) is 0 Å². The topological polar surface area (TPSA) is 29.3 Å². The second-order valence-corrected chi connectivity index (χ2v) is 5.46. The summed E-state index contributed by atoms with van der Waals surface area (Å²) >= 11 is 0. The summed E-state index contributed by atoms with van der Waals surface area (Å²) in [5, 5.41) is 0. The van der Waals surface area contributed by atoms with Gasteiger partial charge in [-0.1, -0.05) is 13.3 Å². The van der Waals surface area contributed by atoms with E-state index in [1.807, 2.05) is 19.9 Å². The Morgan fingerprint density at radius 2 is 2.22 bits per heavy atom. The van der Waals surface area contributed by atoms with Gasteiger partial charge in [-0.15, -0.1) is 0 Å². The molecule has 2 N–H and O–H groups in total. The normalized spacial score (nSPS) is 21.4. The largest absolute Gasteiger partial charge is 0.371 e. The van der Waals surface area contributed by atoms with Gasteiger partial charge in [0.1, 0.15) is 5.82 Å². The monoisotopic (exact) mass is 250 g/mol. The highest BCUT2D eigenvalue weighted by Gasteiger charge is 2.24. The van der Waals surface area contributed by atoms with Crippen LogP contribution in [-0.4, -0.2) is 13.1 Å². The van der Waals surface area contributed by atoms with Crippen molar-refractivity contribution in [3.05, 3.63) is 29.1 Å². The zero-order valence-corrected chi connectivity index (χ0v) is 11.5. The van der Waals surface area contributed by atoms with Gasteiger partial charge in [0.25, 0.3) is 0 Å². The van der Waals surface area contributed by atoms with Crippen molar-refractivity contribution in [1.82, 2.24) is 0 Å². The minimum absolute atomic E-state index is 0.129. The summed E-state index contributed by atoms with van der Waals surface area (Å²) in [5.41, 5.74) is 8.73. The van der Waals surface area contributed by atoms with Gasteiger partial charge in [0.05, 0.1) is 0 Å². The third-order valence-corrected chi connectivity index (χ3v) is 4.00. The molecule has 1 fully saturated rings.